The third kappa shape index (κ3) is 11.3. The van der Waals surface area contributed by atoms with Crippen LogP contribution in [0.25, 0.3) is 0 Å². The van der Waals surface area contributed by atoms with E-state index in [1.165, 1.54) is 24.3 Å². The zero-order valence-electron chi connectivity index (χ0n) is 17.4. The van der Waals surface area contributed by atoms with Crippen molar-refractivity contribution in [2.24, 2.45) is 4.99 Å². The first kappa shape index (κ1) is 27.1. The second-order valence-electron chi connectivity index (χ2n) is 6.39. The van der Waals surface area contributed by atoms with Crippen LogP contribution in [0.15, 0.2) is 52.1 Å². The molecule has 1 aromatic heterocycles. The van der Waals surface area contributed by atoms with Crippen molar-refractivity contribution in [1.29, 1.82) is 0 Å². The number of nitrogens with zero attached hydrogens (tertiary/aromatic N) is 1. The van der Waals surface area contributed by atoms with E-state index in [9.17, 15) is 13.9 Å². The molecule has 0 aliphatic rings. The molecule has 0 radical (unpaired) electrons. The molecule has 3 N–H and O–H groups in total. The van der Waals surface area contributed by atoms with E-state index in [1.807, 2.05) is 19.1 Å². The Hall–Kier alpha value is -1.92. The third-order valence-corrected chi connectivity index (χ3v) is 4.12. The minimum absolute atomic E-state index is 0. The number of aliphatic imine (C=N–C) groups is 1. The van der Waals surface area contributed by atoms with Gasteiger partial charge in [0.1, 0.15) is 11.5 Å². The van der Waals surface area contributed by atoms with Crippen molar-refractivity contribution in [2.45, 2.75) is 32.5 Å². The molecule has 0 saturated carbocycles. The summed E-state index contributed by atoms with van der Waals surface area (Å²) in [5, 5.41) is 16.8. The Bertz CT molecular complexity index is 731. The Balaban J connectivity index is 0.00000480. The topological polar surface area (TPSA) is 88.2 Å². The molecule has 0 aliphatic heterocycles. The van der Waals surface area contributed by atoms with Crippen LogP contribution in [-0.4, -0.2) is 50.5 Å². The smallest absolute Gasteiger partial charge is 0.387 e. The van der Waals surface area contributed by atoms with Gasteiger partial charge >= 0.3 is 6.61 Å². The summed E-state index contributed by atoms with van der Waals surface area (Å²) in [4.78, 5) is 4.43. The van der Waals surface area contributed by atoms with Gasteiger partial charge in [-0.15, -0.1) is 24.0 Å². The van der Waals surface area contributed by atoms with Gasteiger partial charge in [0.05, 0.1) is 18.9 Å². The monoisotopic (exact) mass is 553 g/mol. The van der Waals surface area contributed by atoms with Crippen LogP contribution >= 0.6 is 24.0 Å². The average molecular weight is 553 g/mol. The summed E-state index contributed by atoms with van der Waals surface area (Å²) in [6, 6.07) is 9.60. The predicted octanol–water partition coefficient (Wildman–Crippen LogP) is 3.74. The van der Waals surface area contributed by atoms with Crippen LogP contribution in [0.4, 0.5) is 8.78 Å². The van der Waals surface area contributed by atoms with E-state index in [2.05, 4.69) is 20.4 Å². The van der Waals surface area contributed by atoms with E-state index >= 15 is 0 Å². The third-order valence-electron chi connectivity index (χ3n) is 4.12. The normalized spacial score (nSPS) is 12.4. The van der Waals surface area contributed by atoms with Crippen LogP contribution in [0.1, 0.15) is 30.8 Å². The molecule has 0 fully saturated rings. The fourth-order valence-corrected chi connectivity index (χ4v) is 2.61. The number of hydrogen-bond donors (Lipinski definition) is 3. The molecule has 1 atom stereocenters. The van der Waals surface area contributed by atoms with E-state index in [-0.39, 0.29) is 36.3 Å². The van der Waals surface area contributed by atoms with Gasteiger partial charge in [0.25, 0.3) is 0 Å². The second kappa shape index (κ2) is 15.8. The van der Waals surface area contributed by atoms with Crippen molar-refractivity contribution in [3.63, 3.8) is 0 Å². The van der Waals surface area contributed by atoms with Crippen LogP contribution in [0.3, 0.4) is 0 Å². The number of nitrogens with one attached hydrogen (secondary N) is 2. The van der Waals surface area contributed by atoms with E-state index < -0.39 is 12.7 Å². The fourth-order valence-electron chi connectivity index (χ4n) is 2.61. The van der Waals surface area contributed by atoms with Gasteiger partial charge in [-0.3, -0.25) is 4.99 Å². The molecule has 31 heavy (non-hydrogen) atoms. The highest BCUT2D eigenvalue weighted by atomic mass is 127. The first-order valence-electron chi connectivity index (χ1n) is 9.93. The summed E-state index contributed by atoms with van der Waals surface area (Å²) >= 11 is 0. The molecule has 0 bridgehead atoms. The van der Waals surface area contributed by atoms with Crippen molar-refractivity contribution in [3.8, 4) is 5.75 Å². The van der Waals surface area contributed by atoms with Gasteiger partial charge in [-0.05, 0) is 43.2 Å². The van der Waals surface area contributed by atoms with Crippen molar-refractivity contribution < 1.29 is 27.8 Å². The molecule has 2 aromatic rings. The molecule has 0 spiro atoms. The summed E-state index contributed by atoms with van der Waals surface area (Å²) in [7, 11) is 0. The highest BCUT2D eigenvalue weighted by Crippen LogP contribution is 2.19. The van der Waals surface area contributed by atoms with Gasteiger partial charge in [-0.25, -0.2) is 0 Å². The number of rotatable bonds is 13. The molecular weight excluding hydrogens is 523 g/mol. The summed E-state index contributed by atoms with van der Waals surface area (Å²) in [6.07, 6.45) is 2.27. The van der Waals surface area contributed by atoms with Crippen molar-refractivity contribution >= 4 is 29.9 Å². The van der Waals surface area contributed by atoms with Crippen LogP contribution in [0.2, 0.25) is 0 Å². The van der Waals surface area contributed by atoms with E-state index in [1.54, 1.807) is 6.26 Å². The number of benzene rings is 1. The van der Waals surface area contributed by atoms with Crippen LogP contribution in [0, 0.1) is 0 Å². The summed E-state index contributed by atoms with van der Waals surface area (Å²) in [5.74, 6) is 1.47. The number of guanidine groups is 1. The van der Waals surface area contributed by atoms with Gasteiger partial charge in [0.15, 0.2) is 5.96 Å². The summed E-state index contributed by atoms with van der Waals surface area (Å²) in [6.45, 7) is 1.78. The lowest BCUT2D eigenvalue weighted by Crippen LogP contribution is -2.39. The quantitative estimate of drug-likeness (QED) is 0.152. The number of alkyl halides is 2. The minimum Gasteiger partial charge on any atom is -0.469 e. The van der Waals surface area contributed by atoms with E-state index in [4.69, 9.17) is 9.15 Å². The Morgan fingerprint density at radius 2 is 1.90 bits per heavy atom. The first-order valence-corrected chi connectivity index (χ1v) is 9.93. The number of hydrogen-bond acceptors (Lipinski definition) is 5. The lowest BCUT2D eigenvalue weighted by molar-refractivity contribution is -0.0498. The van der Waals surface area contributed by atoms with Crippen LogP contribution < -0.4 is 15.4 Å². The first-order chi connectivity index (χ1) is 14.6. The molecule has 10 heteroatoms. The molecule has 7 nitrogen and oxygen atoms in total. The Morgan fingerprint density at radius 3 is 2.55 bits per heavy atom. The Morgan fingerprint density at radius 1 is 1.16 bits per heavy atom. The number of aliphatic hydroxyl groups is 1. The molecule has 2 rings (SSSR count). The van der Waals surface area contributed by atoms with Crippen LogP contribution in [-0.2, 0) is 11.2 Å². The molecule has 1 aromatic carbocycles. The predicted molar refractivity (Wildman–Crippen MR) is 125 cm³/mol. The molecular formula is C21H30F2IN3O4. The number of ether oxygens (including phenoxy) is 2. The van der Waals surface area contributed by atoms with Crippen LogP contribution in [0.5, 0.6) is 5.75 Å². The zero-order valence-corrected chi connectivity index (χ0v) is 19.8. The van der Waals surface area contributed by atoms with Gasteiger partial charge in [-0.1, -0.05) is 12.1 Å². The Kier molecular flexibility index (Phi) is 13.8. The van der Waals surface area contributed by atoms with Gasteiger partial charge in [-0.2, -0.15) is 8.78 Å². The maximum atomic E-state index is 12.2. The van der Waals surface area contributed by atoms with Crippen molar-refractivity contribution in [3.05, 3.63) is 54.0 Å². The maximum absolute atomic E-state index is 12.2. The van der Waals surface area contributed by atoms with E-state index in [0.717, 1.165) is 12.2 Å². The fraction of sp³-hybridized carbons (Fsp3) is 0.476. The highest BCUT2D eigenvalue weighted by Gasteiger charge is 2.10. The van der Waals surface area contributed by atoms with Gasteiger partial charge in [0, 0.05) is 32.7 Å². The summed E-state index contributed by atoms with van der Waals surface area (Å²) in [5.41, 5.74) is 0.562. The van der Waals surface area contributed by atoms with E-state index in [0.29, 0.717) is 44.2 Å². The molecule has 1 unspecified atom stereocenters. The maximum Gasteiger partial charge on any atom is 0.387 e. The number of aliphatic hydroxyl groups excluding tert-OH is 1. The number of halogens is 3. The molecule has 0 saturated heterocycles. The summed E-state index contributed by atoms with van der Waals surface area (Å²) < 4.78 is 39.4. The highest BCUT2D eigenvalue weighted by molar-refractivity contribution is 14.0. The largest absolute Gasteiger partial charge is 0.469 e. The van der Waals surface area contributed by atoms with Crippen molar-refractivity contribution in [2.75, 3.05) is 32.8 Å². The molecule has 0 aliphatic carbocycles. The van der Waals surface area contributed by atoms with Gasteiger partial charge in [0.2, 0.25) is 0 Å². The SMILES string of the molecule is CCOCCCNC(=NCC(O)c1ccc(OC(F)F)cc1)NCCc1ccco1.I. The van der Waals surface area contributed by atoms with Gasteiger partial charge < -0.3 is 29.6 Å². The lowest BCUT2D eigenvalue weighted by atomic mass is 10.1. The van der Waals surface area contributed by atoms with Crippen molar-refractivity contribution in [1.82, 2.24) is 10.6 Å². The minimum atomic E-state index is -2.88. The zero-order chi connectivity index (χ0) is 21.6. The molecule has 174 valence electrons. The molecule has 1 heterocycles. The number of furan rings is 1. The average Bonchev–Trinajstić information content (AvgIpc) is 3.24. The lowest BCUT2D eigenvalue weighted by Gasteiger charge is -2.14. The second-order valence-corrected chi connectivity index (χ2v) is 6.39. The standard InChI is InChI=1S/C21H29F2N3O4.HI/c1-2-28-13-4-11-24-21(25-12-10-17-5-3-14-29-17)26-15-19(27)16-6-8-18(9-7-16)30-20(22)23;/h3,5-9,14,19-20,27H,2,4,10-13,15H2,1H3,(H2,24,25,26);1H. The Labute approximate surface area is 198 Å². The molecule has 0 amide bonds.